The molecule has 1 aromatic heterocycles. The fourth-order valence-electron chi connectivity index (χ4n) is 2.98. The van der Waals surface area contributed by atoms with Gasteiger partial charge in [-0.25, -0.2) is 4.98 Å². The number of hydrogen-bond acceptors (Lipinski definition) is 4. The molecule has 4 heteroatoms. The normalized spacial score (nSPS) is 27.5. The van der Waals surface area contributed by atoms with Crippen LogP contribution in [0.1, 0.15) is 25.7 Å². The Kier molecular flexibility index (Phi) is 3.11. The van der Waals surface area contributed by atoms with Gasteiger partial charge in [0.05, 0.1) is 0 Å². The summed E-state index contributed by atoms with van der Waals surface area (Å²) in [6.07, 6.45) is 7.33. The fraction of sp³-hybridized carbons (Fsp3) is 0.750. The average Bonchev–Trinajstić information content (AvgIpc) is 3.03. The maximum atomic E-state index is 4.39. The molecule has 0 aromatic carbocycles. The van der Waals surface area contributed by atoms with Gasteiger partial charge in [-0.3, -0.25) is 0 Å². The predicted octanol–water partition coefficient (Wildman–Crippen LogP) is 2.11. The quantitative estimate of drug-likeness (QED) is 0.854. The van der Waals surface area contributed by atoms with Gasteiger partial charge in [-0.2, -0.15) is 0 Å². The summed E-state index contributed by atoms with van der Waals surface area (Å²) < 4.78 is 0. The van der Waals surface area contributed by atoms with Gasteiger partial charge in [0.15, 0.2) is 5.13 Å². The number of piperidine rings is 1. The molecule has 2 aliphatic heterocycles. The van der Waals surface area contributed by atoms with Crippen molar-refractivity contribution in [3.05, 3.63) is 11.6 Å². The summed E-state index contributed by atoms with van der Waals surface area (Å²) >= 11 is 1.76. The molecule has 1 atom stereocenters. The Morgan fingerprint density at radius 2 is 2.19 bits per heavy atom. The van der Waals surface area contributed by atoms with Crippen molar-refractivity contribution in [2.75, 3.05) is 24.5 Å². The van der Waals surface area contributed by atoms with Gasteiger partial charge in [0.25, 0.3) is 0 Å². The van der Waals surface area contributed by atoms with Crippen LogP contribution in [0.2, 0.25) is 0 Å². The highest BCUT2D eigenvalue weighted by atomic mass is 32.1. The molecule has 0 aliphatic carbocycles. The van der Waals surface area contributed by atoms with Gasteiger partial charge in [0.2, 0.25) is 0 Å². The lowest BCUT2D eigenvalue weighted by Crippen LogP contribution is -2.40. The first-order valence-electron chi connectivity index (χ1n) is 6.31. The van der Waals surface area contributed by atoms with Crippen molar-refractivity contribution in [2.45, 2.75) is 31.7 Å². The minimum absolute atomic E-state index is 0.804. The monoisotopic (exact) mass is 237 g/mol. The average molecular weight is 237 g/mol. The molecule has 16 heavy (non-hydrogen) atoms. The molecule has 3 heterocycles. The van der Waals surface area contributed by atoms with Crippen molar-refractivity contribution in [3.63, 3.8) is 0 Å². The number of anilines is 1. The second-order valence-corrected chi connectivity index (χ2v) is 5.72. The largest absolute Gasteiger partial charge is 0.348 e. The summed E-state index contributed by atoms with van der Waals surface area (Å²) in [5, 5.41) is 6.92. The van der Waals surface area contributed by atoms with Crippen LogP contribution < -0.4 is 10.2 Å². The Bertz CT molecular complexity index is 311. The Morgan fingerprint density at radius 1 is 1.31 bits per heavy atom. The number of aromatic nitrogens is 1. The molecule has 0 spiro atoms. The van der Waals surface area contributed by atoms with Crippen molar-refractivity contribution in [3.8, 4) is 0 Å². The number of nitrogens with one attached hydrogen (secondary N) is 1. The second-order valence-electron chi connectivity index (χ2n) is 4.84. The lowest BCUT2D eigenvalue weighted by atomic mass is 9.89. The minimum Gasteiger partial charge on any atom is -0.348 e. The molecule has 0 saturated carbocycles. The molecule has 3 nitrogen and oxygen atoms in total. The zero-order valence-electron chi connectivity index (χ0n) is 9.56. The highest BCUT2D eigenvalue weighted by Gasteiger charge is 2.28. The molecule has 0 radical (unpaired) electrons. The lowest BCUT2D eigenvalue weighted by Gasteiger charge is -2.34. The van der Waals surface area contributed by atoms with Crippen LogP contribution in [0.3, 0.4) is 0 Å². The van der Waals surface area contributed by atoms with Crippen molar-refractivity contribution in [1.29, 1.82) is 0 Å². The van der Waals surface area contributed by atoms with E-state index in [0.29, 0.717) is 0 Å². The van der Waals surface area contributed by atoms with Gasteiger partial charge < -0.3 is 10.2 Å². The van der Waals surface area contributed by atoms with Crippen LogP contribution in [0.25, 0.3) is 0 Å². The van der Waals surface area contributed by atoms with Crippen LogP contribution in [-0.2, 0) is 0 Å². The van der Waals surface area contributed by atoms with Crippen molar-refractivity contribution >= 4 is 16.5 Å². The second kappa shape index (κ2) is 4.72. The van der Waals surface area contributed by atoms with Crippen LogP contribution in [-0.4, -0.2) is 30.7 Å². The lowest BCUT2D eigenvalue weighted by molar-refractivity contribution is 0.319. The Balaban J connectivity index is 1.55. The topological polar surface area (TPSA) is 28.2 Å². The number of nitrogens with zero attached hydrogens (tertiary/aromatic N) is 2. The van der Waals surface area contributed by atoms with E-state index in [2.05, 4.69) is 20.6 Å². The molecule has 0 amide bonds. The first-order valence-corrected chi connectivity index (χ1v) is 7.19. The van der Waals surface area contributed by atoms with Crippen LogP contribution in [0.15, 0.2) is 11.6 Å². The third-order valence-electron chi connectivity index (χ3n) is 3.90. The summed E-state index contributed by atoms with van der Waals surface area (Å²) in [6.45, 7) is 3.62. The van der Waals surface area contributed by atoms with Gasteiger partial charge >= 0.3 is 0 Å². The molecule has 0 bridgehead atoms. The summed E-state index contributed by atoms with van der Waals surface area (Å²) in [7, 11) is 0. The maximum absolute atomic E-state index is 4.39. The summed E-state index contributed by atoms with van der Waals surface area (Å²) in [4.78, 5) is 6.83. The maximum Gasteiger partial charge on any atom is 0.185 e. The first kappa shape index (κ1) is 10.5. The van der Waals surface area contributed by atoms with Crippen LogP contribution in [0.4, 0.5) is 5.13 Å². The molecule has 1 unspecified atom stereocenters. The standard InChI is InChI=1S/C12H19N3S/c1-2-11(13-5-1)10-3-7-15(8-4-10)12-14-6-9-16-12/h6,9-11,13H,1-5,7-8H2. The van der Waals surface area contributed by atoms with Gasteiger partial charge in [-0.05, 0) is 38.1 Å². The minimum atomic E-state index is 0.804. The molecule has 2 fully saturated rings. The molecule has 1 N–H and O–H groups in total. The fourth-order valence-corrected chi connectivity index (χ4v) is 3.68. The van der Waals surface area contributed by atoms with Crippen molar-refractivity contribution in [2.24, 2.45) is 5.92 Å². The van der Waals surface area contributed by atoms with Crippen LogP contribution >= 0.6 is 11.3 Å². The van der Waals surface area contributed by atoms with Crippen LogP contribution in [0.5, 0.6) is 0 Å². The SMILES string of the molecule is c1csc(N2CCC(C3CCCN3)CC2)n1. The van der Waals surface area contributed by atoms with Gasteiger partial charge in [-0.1, -0.05) is 0 Å². The summed E-state index contributed by atoms with van der Waals surface area (Å²) in [5.74, 6) is 0.902. The zero-order valence-corrected chi connectivity index (χ0v) is 10.4. The van der Waals surface area contributed by atoms with Gasteiger partial charge in [0.1, 0.15) is 0 Å². The molecular weight excluding hydrogens is 218 g/mol. The Hall–Kier alpha value is -0.610. The highest BCUT2D eigenvalue weighted by Crippen LogP contribution is 2.28. The van der Waals surface area contributed by atoms with Gasteiger partial charge in [-0.15, -0.1) is 11.3 Å². The Labute approximate surface area is 101 Å². The van der Waals surface area contributed by atoms with E-state index in [9.17, 15) is 0 Å². The number of thiazole rings is 1. The molecule has 1 aromatic rings. The predicted molar refractivity (Wildman–Crippen MR) is 68.1 cm³/mol. The van der Waals surface area contributed by atoms with E-state index < -0.39 is 0 Å². The third-order valence-corrected chi connectivity index (χ3v) is 4.73. The Morgan fingerprint density at radius 3 is 2.81 bits per heavy atom. The summed E-state index contributed by atoms with van der Waals surface area (Å²) in [5.41, 5.74) is 0. The van der Waals surface area contributed by atoms with Crippen LogP contribution in [0, 0.1) is 5.92 Å². The molecule has 2 aliphatic rings. The number of hydrogen-bond donors (Lipinski definition) is 1. The smallest absolute Gasteiger partial charge is 0.185 e. The van der Waals surface area contributed by atoms with Crippen molar-refractivity contribution < 1.29 is 0 Å². The zero-order chi connectivity index (χ0) is 10.8. The first-order chi connectivity index (χ1) is 7.93. The van der Waals surface area contributed by atoms with E-state index in [1.54, 1.807) is 11.3 Å². The van der Waals surface area contributed by atoms with E-state index in [4.69, 9.17) is 0 Å². The molecular formula is C12H19N3S. The van der Waals surface area contributed by atoms with E-state index in [1.165, 1.54) is 50.4 Å². The van der Waals surface area contributed by atoms with E-state index in [1.807, 2.05) is 6.20 Å². The molecule has 3 rings (SSSR count). The third kappa shape index (κ3) is 2.09. The van der Waals surface area contributed by atoms with Crippen molar-refractivity contribution in [1.82, 2.24) is 10.3 Å². The van der Waals surface area contributed by atoms with E-state index in [0.717, 1.165) is 12.0 Å². The highest BCUT2D eigenvalue weighted by molar-refractivity contribution is 7.13. The van der Waals surface area contributed by atoms with E-state index >= 15 is 0 Å². The number of rotatable bonds is 2. The molecule has 88 valence electrons. The molecule has 2 saturated heterocycles. The summed E-state index contributed by atoms with van der Waals surface area (Å²) in [6, 6.07) is 0.804. The van der Waals surface area contributed by atoms with Gasteiger partial charge in [0, 0.05) is 30.7 Å². The van der Waals surface area contributed by atoms with E-state index in [-0.39, 0.29) is 0 Å².